The summed E-state index contributed by atoms with van der Waals surface area (Å²) in [5.41, 5.74) is 8.21. The van der Waals surface area contributed by atoms with Crippen LogP contribution < -0.4 is 0 Å². The van der Waals surface area contributed by atoms with Gasteiger partial charge in [-0.2, -0.15) is 0 Å². The maximum Gasteiger partial charge on any atom is 0.305 e. The van der Waals surface area contributed by atoms with Crippen molar-refractivity contribution in [2.75, 3.05) is 6.54 Å². The maximum atomic E-state index is 10.9. The van der Waals surface area contributed by atoms with Gasteiger partial charge in [-0.15, -0.1) is 0 Å². The summed E-state index contributed by atoms with van der Waals surface area (Å²) in [6, 6.07) is 0. The van der Waals surface area contributed by atoms with E-state index in [2.05, 4.69) is 10.0 Å². The first-order valence-corrected chi connectivity index (χ1v) is 5.08. The minimum Gasteiger partial charge on any atom is -0.481 e. The van der Waals surface area contributed by atoms with Gasteiger partial charge in [-0.05, 0) is 5.53 Å². The lowest BCUT2D eigenvalue weighted by molar-refractivity contribution is -0.149. The van der Waals surface area contributed by atoms with Crippen molar-refractivity contribution in [1.29, 1.82) is 0 Å². The molecule has 1 fully saturated rings. The number of carboxylic acids is 1. The standard InChI is InChI=1S/C9H13N3O5/c1-5(13)16-7-2-6(3-9(14)15)17-8(7)4-11-12-10/h6-8H,2-4H2,1H3,(H,14,15)/t6?,7-,8+/m0/s1. The van der Waals surface area contributed by atoms with Crippen LogP contribution >= 0.6 is 0 Å². The van der Waals surface area contributed by atoms with Crippen molar-refractivity contribution in [2.24, 2.45) is 5.11 Å². The highest BCUT2D eigenvalue weighted by Crippen LogP contribution is 2.26. The second-order valence-corrected chi connectivity index (χ2v) is 3.69. The fourth-order valence-electron chi connectivity index (χ4n) is 1.74. The molecule has 1 N–H and O–H groups in total. The molecule has 94 valence electrons. The largest absolute Gasteiger partial charge is 0.481 e. The van der Waals surface area contributed by atoms with Crippen molar-refractivity contribution >= 4 is 11.9 Å². The van der Waals surface area contributed by atoms with Gasteiger partial charge in [0.25, 0.3) is 0 Å². The molecule has 0 spiro atoms. The highest BCUT2D eigenvalue weighted by Gasteiger charge is 2.37. The Morgan fingerprint density at radius 3 is 2.88 bits per heavy atom. The molecule has 0 amide bonds. The lowest BCUT2D eigenvalue weighted by Crippen LogP contribution is -2.28. The third-order valence-corrected chi connectivity index (χ3v) is 2.32. The maximum absolute atomic E-state index is 10.9. The molecule has 1 aliphatic heterocycles. The summed E-state index contributed by atoms with van der Waals surface area (Å²) in [4.78, 5) is 24.0. The molecule has 0 radical (unpaired) electrons. The fourth-order valence-corrected chi connectivity index (χ4v) is 1.74. The normalized spacial score (nSPS) is 27.2. The predicted molar refractivity (Wildman–Crippen MR) is 55.1 cm³/mol. The molecule has 0 aromatic heterocycles. The second-order valence-electron chi connectivity index (χ2n) is 3.69. The van der Waals surface area contributed by atoms with Crippen LogP contribution in [0, 0.1) is 0 Å². The molecule has 8 nitrogen and oxygen atoms in total. The monoisotopic (exact) mass is 243 g/mol. The molecule has 8 heteroatoms. The molecule has 0 aliphatic carbocycles. The lowest BCUT2D eigenvalue weighted by Gasteiger charge is -2.15. The Morgan fingerprint density at radius 2 is 2.35 bits per heavy atom. The third kappa shape index (κ3) is 4.29. The minimum absolute atomic E-state index is 0.0184. The number of ether oxygens (including phenoxy) is 2. The topological polar surface area (TPSA) is 122 Å². The Balaban J connectivity index is 2.60. The van der Waals surface area contributed by atoms with Crippen molar-refractivity contribution in [3.8, 4) is 0 Å². The van der Waals surface area contributed by atoms with E-state index in [1.807, 2.05) is 0 Å². The highest BCUT2D eigenvalue weighted by molar-refractivity contribution is 5.67. The van der Waals surface area contributed by atoms with E-state index in [1.165, 1.54) is 6.92 Å². The van der Waals surface area contributed by atoms with Gasteiger partial charge in [0, 0.05) is 18.3 Å². The number of esters is 1. The van der Waals surface area contributed by atoms with Crippen LogP contribution in [0.5, 0.6) is 0 Å². The van der Waals surface area contributed by atoms with Crippen LogP contribution in [0.2, 0.25) is 0 Å². The summed E-state index contributed by atoms with van der Waals surface area (Å²) in [6.45, 7) is 1.28. The van der Waals surface area contributed by atoms with Gasteiger partial charge >= 0.3 is 11.9 Å². The quantitative estimate of drug-likeness (QED) is 0.332. The van der Waals surface area contributed by atoms with Gasteiger partial charge in [-0.25, -0.2) is 0 Å². The average molecular weight is 243 g/mol. The Labute approximate surface area is 97.1 Å². The van der Waals surface area contributed by atoms with Crippen molar-refractivity contribution in [2.45, 2.75) is 38.1 Å². The molecule has 1 saturated heterocycles. The van der Waals surface area contributed by atoms with Crippen LogP contribution in [0.1, 0.15) is 19.8 Å². The van der Waals surface area contributed by atoms with E-state index in [-0.39, 0.29) is 13.0 Å². The number of hydrogen-bond acceptors (Lipinski definition) is 5. The number of rotatable bonds is 5. The molecule has 0 bridgehead atoms. The molecule has 1 aliphatic rings. The predicted octanol–water partition coefficient (Wildman–Crippen LogP) is 0.861. The summed E-state index contributed by atoms with van der Waals surface area (Å²) in [5, 5.41) is 12.0. The Bertz CT molecular complexity index is 341. The van der Waals surface area contributed by atoms with Gasteiger partial charge in [0.15, 0.2) is 0 Å². The number of hydrogen-bond donors (Lipinski definition) is 1. The van der Waals surface area contributed by atoms with E-state index in [0.29, 0.717) is 6.42 Å². The summed E-state index contributed by atoms with van der Waals surface area (Å²) in [5.74, 6) is -1.46. The van der Waals surface area contributed by atoms with E-state index < -0.39 is 30.3 Å². The van der Waals surface area contributed by atoms with E-state index in [4.69, 9.17) is 20.1 Å². The molecule has 0 saturated carbocycles. The molecule has 0 aromatic carbocycles. The zero-order valence-corrected chi connectivity index (χ0v) is 9.28. The number of carbonyl (C=O) groups excluding carboxylic acids is 1. The number of nitrogens with zero attached hydrogens (tertiary/aromatic N) is 3. The molecular weight excluding hydrogens is 230 g/mol. The van der Waals surface area contributed by atoms with Gasteiger partial charge in [0.2, 0.25) is 0 Å². The van der Waals surface area contributed by atoms with Crippen LogP contribution in [-0.2, 0) is 19.1 Å². The van der Waals surface area contributed by atoms with Gasteiger partial charge in [-0.3, -0.25) is 9.59 Å². The first-order valence-electron chi connectivity index (χ1n) is 5.08. The third-order valence-electron chi connectivity index (χ3n) is 2.32. The molecule has 0 aromatic rings. The number of azide groups is 1. The average Bonchev–Trinajstić information content (AvgIpc) is 2.55. The molecular formula is C9H13N3O5. The van der Waals surface area contributed by atoms with E-state index in [0.717, 1.165) is 0 Å². The number of carboxylic acid groups (broad SMARTS) is 1. The summed E-state index contributed by atoms with van der Waals surface area (Å²) in [6.07, 6.45) is -1.50. The molecule has 17 heavy (non-hydrogen) atoms. The van der Waals surface area contributed by atoms with Crippen LogP contribution in [0.15, 0.2) is 5.11 Å². The fraction of sp³-hybridized carbons (Fsp3) is 0.778. The Morgan fingerprint density at radius 1 is 1.65 bits per heavy atom. The van der Waals surface area contributed by atoms with Crippen LogP contribution in [0.3, 0.4) is 0 Å². The molecule has 1 unspecified atom stereocenters. The van der Waals surface area contributed by atoms with Crippen molar-refractivity contribution in [1.82, 2.24) is 0 Å². The van der Waals surface area contributed by atoms with Crippen molar-refractivity contribution < 1.29 is 24.2 Å². The minimum atomic E-state index is -0.985. The summed E-state index contributed by atoms with van der Waals surface area (Å²) < 4.78 is 10.4. The zero-order valence-electron chi connectivity index (χ0n) is 9.28. The molecule has 3 atom stereocenters. The Hall–Kier alpha value is -1.79. The van der Waals surface area contributed by atoms with E-state index in [9.17, 15) is 9.59 Å². The number of carbonyl (C=O) groups is 2. The van der Waals surface area contributed by atoms with Gasteiger partial charge in [0.1, 0.15) is 12.2 Å². The smallest absolute Gasteiger partial charge is 0.305 e. The molecule has 1 heterocycles. The summed E-state index contributed by atoms with van der Waals surface area (Å²) >= 11 is 0. The first kappa shape index (κ1) is 13.3. The van der Waals surface area contributed by atoms with Crippen molar-refractivity contribution in [3.63, 3.8) is 0 Å². The SMILES string of the molecule is CC(=O)O[C@H]1CC(CC(=O)O)O[C@@H]1CN=[N+]=[N-]. The lowest BCUT2D eigenvalue weighted by atomic mass is 10.1. The Kier molecular flexibility index (Phi) is 4.74. The van der Waals surface area contributed by atoms with Crippen molar-refractivity contribution in [3.05, 3.63) is 10.4 Å². The van der Waals surface area contributed by atoms with Crippen LogP contribution in [0.4, 0.5) is 0 Å². The number of aliphatic carboxylic acids is 1. The van der Waals surface area contributed by atoms with Gasteiger partial charge in [0.05, 0.1) is 19.1 Å². The molecule has 1 rings (SSSR count). The second kappa shape index (κ2) is 6.07. The first-order chi connectivity index (χ1) is 8.02. The summed E-state index contributed by atoms with van der Waals surface area (Å²) in [7, 11) is 0. The van der Waals surface area contributed by atoms with Crippen LogP contribution in [0.25, 0.3) is 10.4 Å². The van der Waals surface area contributed by atoms with Gasteiger partial charge < -0.3 is 14.6 Å². The van der Waals surface area contributed by atoms with E-state index in [1.54, 1.807) is 0 Å². The van der Waals surface area contributed by atoms with E-state index >= 15 is 0 Å². The zero-order chi connectivity index (χ0) is 12.8. The van der Waals surface area contributed by atoms with Crippen LogP contribution in [-0.4, -0.2) is 41.9 Å². The highest BCUT2D eigenvalue weighted by atomic mass is 16.6. The van der Waals surface area contributed by atoms with Gasteiger partial charge in [-0.1, -0.05) is 5.11 Å².